The zero-order valence-electron chi connectivity index (χ0n) is 14.2. The number of fused-ring (bicyclic) bond motifs is 4. The number of hydrogen-bond donors (Lipinski definition) is 0. The maximum Gasteiger partial charge on any atom is 0.0544 e. The lowest BCUT2D eigenvalue weighted by Gasteiger charge is -2.12. The summed E-state index contributed by atoms with van der Waals surface area (Å²) in [5, 5.41) is 5.20. The Bertz CT molecular complexity index is 1220. The molecule has 1 aromatic heterocycles. The predicted molar refractivity (Wildman–Crippen MR) is 108 cm³/mol. The number of hydrogen-bond acceptors (Lipinski definition) is 0. The zero-order valence-corrected chi connectivity index (χ0v) is 14.2. The lowest BCUT2D eigenvalue weighted by Crippen LogP contribution is -1.95. The van der Waals surface area contributed by atoms with Crippen LogP contribution in [0.2, 0.25) is 0 Å². The van der Waals surface area contributed by atoms with Gasteiger partial charge in [0.2, 0.25) is 0 Å². The normalized spacial score (nSPS) is 11.6. The third-order valence-electron chi connectivity index (χ3n) is 5.15. The second kappa shape index (κ2) is 5.49. The second-order valence-corrected chi connectivity index (χ2v) is 6.56. The van der Waals surface area contributed by atoms with E-state index in [1.165, 1.54) is 43.8 Å². The second-order valence-electron chi connectivity index (χ2n) is 6.56. The first kappa shape index (κ1) is 14.3. The minimum absolute atomic E-state index is 1.05. The van der Waals surface area contributed by atoms with Crippen LogP contribution in [-0.2, 0) is 6.42 Å². The van der Waals surface area contributed by atoms with Crippen molar-refractivity contribution in [3.05, 3.63) is 90.5 Å². The molecule has 1 heterocycles. The summed E-state index contributed by atoms with van der Waals surface area (Å²) in [5.74, 6) is 0. The molecule has 0 spiro atoms. The summed E-state index contributed by atoms with van der Waals surface area (Å²) in [6.45, 7) is 2.21. The van der Waals surface area contributed by atoms with Crippen LogP contribution in [0.15, 0.2) is 84.9 Å². The molecule has 4 aromatic carbocycles. The van der Waals surface area contributed by atoms with E-state index in [1.807, 2.05) is 0 Å². The number of rotatable bonds is 2. The summed E-state index contributed by atoms with van der Waals surface area (Å²) >= 11 is 0. The molecule has 1 heteroatoms. The van der Waals surface area contributed by atoms with Gasteiger partial charge in [0.05, 0.1) is 16.7 Å². The first-order valence-corrected chi connectivity index (χ1v) is 8.87. The standard InChI is InChI=1S/C24H19N/c1-2-17-14-15-21-20-11-5-6-12-23(20)25(24(21)16-17)22-13-7-9-18-8-3-4-10-19(18)22/h3-16H,2H2,1H3. The Labute approximate surface area is 147 Å². The first-order valence-electron chi connectivity index (χ1n) is 8.87. The Kier molecular flexibility index (Phi) is 3.14. The highest BCUT2D eigenvalue weighted by Crippen LogP contribution is 2.34. The van der Waals surface area contributed by atoms with Crippen molar-refractivity contribution >= 4 is 32.6 Å². The molecule has 1 nitrogen and oxygen atoms in total. The van der Waals surface area contributed by atoms with Crippen LogP contribution in [0.1, 0.15) is 12.5 Å². The van der Waals surface area contributed by atoms with E-state index >= 15 is 0 Å². The van der Waals surface area contributed by atoms with E-state index in [0.29, 0.717) is 0 Å². The fraction of sp³-hybridized carbons (Fsp3) is 0.0833. The Morgan fingerprint density at radius 3 is 2.24 bits per heavy atom. The number of benzene rings is 4. The van der Waals surface area contributed by atoms with Crippen molar-refractivity contribution in [3.63, 3.8) is 0 Å². The fourth-order valence-corrected chi connectivity index (χ4v) is 3.90. The van der Waals surface area contributed by atoms with E-state index in [4.69, 9.17) is 0 Å². The van der Waals surface area contributed by atoms with E-state index < -0.39 is 0 Å². The van der Waals surface area contributed by atoms with Crippen LogP contribution >= 0.6 is 0 Å². The molecule has 0 amide bonds. The largest absolute Gasteiger partial charge is 0.309 e. The molecular weight excluding hydrogens is 302 g/mol. The lowest BCUT2D eigenvalue weighted by atomic mass is 10.1. The highest BCUT2D eigenvalue weighted by atomic mass is 15.0. The molecule has 0 unspecified atom stereocenters. The highest BCUT2D eigenvalue weighted by Gasteiger charge is 2.13. The minimum Gasteiger partial charge on any atom is -0.309 e. The summed E-state index contributed by atoms with van der Waals surface area (Å²) in [5.41, 5.74) is 5.17. The van der Waals surface area contributed by atoms with Crippen LogP contribution in [0.4, 0.5) is 0 Å². The average molecular weight is 321 g/mol. The molecule has 0 fully saturated rings. The molecule has 5 rings (SSSR count). The summed E-state index contributed by atoms with van der Waals surface area (Å²) in [6, 6.07) is 30.8. The van der Waals surface area contributed by atoms with Crippen molar-refractivity contribution in [2.45, 2.75) is 13.3 Å². The van der Waals surface area contributed by atoms with Gasteiger partial charge in [0, 0.05) is 16.2 Å². The Morgan fingerprint density at radius 2 is 1.36 bits per heavy atom. The molecule has 0 saturated carbocycles. The van der Waals surface area contributed by atoms with Gasteiger partial charge in [-0.25, -0.2) is 0 Å². The Hall–Kier alpha value is -3.06. The molecule has 0 aliphatic rings. The molecule has 0 atom stereocenters. The van der Waals surface area contributed by atoms with Gasteiger partial charge in [-0.3, -0.25) is 0 Å². The van der Waals surface area contributed by atoms with Gasteiger partial charge in [0.15, 0.2) is 0 Å². The van der Waals surface area contributed by atoms with Crippen LogP contribution in [0.3, 0.4) is 0 Å². The molecule has 5 aromatic rings. The number of aryl methyl sites for hydroxylation is 1. The van der Waals surface area contributed by atoms with Gasteiger partial charge in [-0.2, -0.15) is 0 Å². The minimum atomic E-state index is 1.05. The van der Waals surface area contributed by atoms with Gasteiger partial charge < -0.3 is 4.57 Å². The quantitative estimate of drug-likeness (QED) is 0.350. The summed E-state index contributed by atoms with van der Waals surface area (Å²) in [6.07, 6.45) is 1.05. The van der Waals surface area contributed by atoms with Gasteiger partial charge in [-0.05, 0) is 35.6 Å². The van der Waals surface area contributed by atoms with E-state index in [1.54, 1.807) is 0 Å². The zero-order chi connectivity index (χ0) is 16.8. The lowest BCUT2D eigenvalue weighted by molar-refractivity contribution is 1.13. The summed E-state index contributed by atoms with van der Waals surface area (Å²) in [7, 11) is 0. The molecule has 0 radical (unpaired) electrons. The molecule has 0 bridgehead atoms. The van der Waals surface area contributed by atoms with Crippen molar-refractivity contribution in [1.82, 2.24) is 4.57 Å². The number of nitrogens with zero attached hydrogens (tertiary/aromatic N) is 1. The van der Waals surface area contributed by atoms with Gasteiger partial charge in [-0.1, -0.05) is 73.7 Å². The van der Waals surface area contributed by atoms with E-state index in [2.05, 4.69) is 96.4 Å². The van der Waals surface area contributed by atoms with Crippen LogP contribution in [0.5, 0.6) is 0 Å². The Morgan fingerprint density at radius 1 is 0.640 bits per heavy atom. The van der Waals surface area contributed by atoms with E-state index in [0.717, 1.165) is 6.42 Å². The van der Waals surface area contributed by atoms with Gasteiger partial charge >= 0.3 is 0 Å². The molecule has 0 aliphatic carbocycles. The van der Waals surface area contributed by atoms with Crippen LogP contribution < -0.4 is 0 Å². The molecule has 120 valence electrons. The topological polar surface area (TPSA) is 4.93 Å². The van der Waals surface area contributed by atoms with Crippen LogP contribution in [-0.4, -0.2) is 4.57 Å². The van der Waals surface area contributed by atoms with Crippen molar-refractivity contribution in [1.29, 1.82) is 0 Å². The van der Waals surface area contributed by atoms with Gasteiger partial charge in [-0.15, -0.1) is 0 Å². The molecule has 25 heavy (non-hydrogen) atoms. The van der Waals surface area contributed by atoms with E-state index in [-0.39, 0.29) is 0 Å². The fourth-order valence-electron chi connectivity index (χ4n) is 3.90. The predicted octanol–water partition coefficient (Wildman–Crippen LogP) is 6.50. The summed E-state index contributed by atoms with van der Waals surface area (Å²) in [4.78, 5) is 0. The van der Waals surface area contributed by atoms with Crippen molar-refractivity contribution in [3.8, 4) is 5.69 Å². The molecular formula is C24H19N. The maximum atomic E-state index is 2.42. The van der Waals surface area contributed by atoms with E-state index in [9.17, 15) is 0 Å². The summed E-state index contributed by atoms with van der Waals surface area (Å²) < 4.78 is 2.42. The van der Waals surface area contributed by atoms with Gasteiger partial charge in [0.25, 0.3) is 0 Å². The third-order valence-corrected chi connectivity index (χ3v) is 5.15. The first-order chi connectivity index (χ1) is 12.4. The highest BCUT2D eigenvalue weighted by molar-refractivity contribution is 6.10. The van der Waals surface area contributed by atoms with Crippen molar-refractivity contribution in [2.75, 3.05) is 0 Å². The van der Waals surface area contributed by atoms with Crippen molar-refractivity contribution in [2.24, 2.45) is 0 Å². The van der Waals surface area contributed by atoms with Gasteiger partial charge in [0.1, 0.15) is 0 Å². The van der Waals surface area contributed by atoms with Crippen molar-refractivity contribution < 1.29 is 0 Å². The smallest absolute Gasteiger partial charge is 0.0544 e. The average Bonchev–Trinajstić information content (AvgIpc) is 3.01. The monoisotopic (exact) mass is 321 g/mol. The molecule has 0 N–H and O–H groups in total. The van der Waals surface area contributed by atoms with Crippen LogP contribution in [0.25, 0.3) is 38.3 Å². The molecule has 0 aliphatic heterocycles. The third kappa shape index (κ3) is 2.09. The maximum absolute atomic E-state index is 2.42. The number of aromatic nitrogens is 1. The SMILES string of the molecule is CCc1ccc2c3ccccc3n(-c3cccc4ccccc34)c2c1. The number of para-hydroxylation sites is 1. The van der Waals surface area contributed by atoms with Crippen LogP contribution in [0, 0.1) is 0 Å². The molecule has 0 saturated heterocycles. The Balaban J connectivity index is 2.00.